The summed E-state index contributed by atoms with van der Waals surface area (Å²) in [5.74, 6) is -0.0540. The highest BCUT2D eigenvalue weighted by molar-refractivity contribution is 7.93. The van der Waals surface area contributed by atoms with Crippen LogP contribution >= 0.6 is 0 Å². The van der Waals surface area contributed by atoms with Gasteiger partial charge in [0.1, 0.15) is 0 Å². The van der Waals surface area contributed by atoms with Gasteiger partial charge in [-0.25, -0.2) is 13.2 Å². The van der Waals surface area contributed by atoms with E-state index in [9.17, 15) is 18.0 Å². The molecule has 2 aromatic rings. The Balaban J connectivity index is 1.63. The molecule has 0 bridgehead atoms. The van der Waals surface area contributed by atoms with Crippen LogP contribution in [0.4, 0.5) is 5.69 Å². The molecule has 3 rings (SSSR count). The molecule has 0 aromatic heterocycles. The van der Waals surface area contributed by atoms with Gasteiger partial charge in [-0.15, -0.1) is 0 Å². The molecule has 154 valence electrons. The second kappa shape index (κ2) is 8.52. The lowest BCUT2D eigenvalue weighted by atomic mass is 10.1. The first kappa shape index (κ1) is 20.7. The Morgan fingerprint density at radius 3 is 2.21 bits per heavy atom. The Bertz CT molecular complexity index is 1020. The van der Waals surface area contributed by atoms with Crippen molar-refractivity contribution in [3.63, 3.8) is 0 Å². The van der Waals surface area contributed by atoms with Crippen LogP contribution < -0.4 is 13.8 Å². The van der Waals surface area contributed by atoms with Gasteiger partial charge in [0.25, 0.3) is 0 Å². The number of hydrogen-bond acceptors (Lipinski definition) is 7. The molecule has 0 atom stereocenters. The third-order valence-electron chi connectivity index (χ3n) is 4.53. The third kappa shape index (κ3) is 4.51. The van der Waals surface area contributed by atoms with E-state index in [0.717, 1.165) is 0 Å². The number of carbonyl (C=O) groups is 2. The number of ketones is 1. The molecule has 1 heterocycles. The van der Waals surface area contributed by atoms with Gasteiger partial charge in [0.05, 0.1) is 31.2 Å². The number of Topliss-reactive ketones (excluding diaryl/α,β-unsaturated/α-hetero) is 1. The predicted molar refractivity (Wildman–Crippen MR) is 106 cm³/mol. The van der Waals surface area contributed by atoms with E-state index in [0.29, 0.717) is 35.7 Å². The zero-order valence-electron chi connectivity index (χ0n) is 16.1. The van der Waals surface area contributed by atoms with E-state index in [-0.39, 0.29) is 17.1 Å². The number of carbonyl (C=O) groups excluding carboxylic acids is 2. The van der Waals surface area contributed by atoms with E-state index in [4.69, 9.17) is 14.2 Å². The zero-order chi connectivity index (χ0) is 21.0. The van der Waals surface area contributed by atoms with Crippen molar-refractivity contribution in [1.82, 2.24) is 0 Å². The van der Waals surface area contributed by atoms with Crippen molar-refractivity contribution < 1.29 is 32.2 Å². The van der Waals surface area contributed by atoms with E-state index in [2.05, 4.69) is 0 Å². The topological polar surface area (TPSA) is 99.2 Å². The van der Waals surface area contributed by atoms with Crippen LogP contribution in [0.3, 0.4) is 0 Å². The minimum absolute atomic E-state index is 0.120. The standard InChI is InChI=1S/C20H21NO7S/c1-26-18-9-6-15(12-19(18)27-2)17(22)13-28-20(23)14-4-7-16(8-5-14)21-10-3-11-29(21,24)25/h4-9,12H,3,10-11,13H2,1-2H3. The summed E-state index contributed by atoms with van der Waals surface area (Å²) in [4.78, 5) is 24.5. The molecular formula is C20H21NO7S. The molecule has 29 heavy (non-hydrogen) atoms. The average molecular weight is 419 g/mol. The van der Waals surface area contributed by atoms with Gasteiger partial charge >= 0.3 is 5.97 Å². The lowest BCUT2D eigenvalue weighted by molar-refractivity contribution is 0.0474. The Hall–Kier alpha value is -3.07. The van der Waals surface area contributed by atoms with Crippen molar-refractivity contribution >= 4 is 27.5 Å². The van der Waals surface area contributed by atoms with Crippen molar-refractivity contribution in [2.24, 2.45) is 0 Å². The second-order valence-corrected chi connectivity index (χ2v) is 8.37. The van der Waals surface area contributed by atoms with Crippen LogP contribution in [-0.2, 0) is 14.8 Å². The normalized spacial score (nSPS) is 15.0. The number of hydrogen-bond donors (Lipinski definition) is 0. The van der Waals surface area contributed by atoms with E-state index >= 15 is 0 Å². The van der Waals surface area contributed by atoms with Crippen molar-refractivity contribution in [2.75, 3.05) is 37.4 Å². The fourth-order valence-corrected chi connectivity index (χ4v) is 4.57. The Labute approximate surface area is 169 Å². The first-order chi connectivity index (χ1) is 13.9. The lowest BCUT2D eigenvalue weighted by Gasteiger charge is -2.16. The molecule has 0 spiro atoms. The van der Waals surface area contributed by atoms with Gasteiger partial charge in [-0.05, 0) is 48.9 Å². The number of sulfonamides is 1. The molecular weight excluding hydrogens is 398 g/mol. The average Bonchev–Trinajstić information content (AvgIpc) is 3.10. The molecule has 2 aromatic carbocycles. The predicted octanol–water partition coefficient (Wildman–Crippen LogP) is 2.28. The quantitative estimate of drug-likeness (QED) is 0.501. The summed E-state index contributed by atoms with van der Waals surface area (Å²) in [5, 5.41) is 0. The van der Waals surface area contributed by atoms with Crippen LogP contribution in [0, 0.1) is 0 Å². The molecule has 0 saturated carbocycles. The summed E-state index contributed by atoms with van der Waals surface area (Å²) in [6.07, 6.45) is 0.574. The fraction of sp³-hybridized carbons (Fsp3) is 0.300. The number of rotatable bonds is 7. The number of ether oxygens (including phenoxy) is 3. The molecule has 1 fully saturated rings. The van der Waals surface area contributed by atoms with Crippen LogP contribution in [0.15, 0.2) is 42.5 Å². The molecule has 8 nitrogen and oxygen atoms in total. The molecule has 1 aliphatic heterocycles. The first-order valence-corrected chi connectivity index (χ1v) is 10.5. The minimum atomic E-state index is -3.28. The number of esters is 1. The molecule has 0 amide bonds. The van der Waals surface area contributed by atoms with E-state index < -0.39 is 22.6 Å². The SMILES string of the molecule is COc1ccc(C(=O)COC(=O)c2ccc(N3CCCS3(=O)=O)cc2)cc1OC. The largest absolute Gasteiger partial charge is 0.493 e. The monoisotopic (exact) mass is 419 g/mol. The van der Waals surface area contributed by atoms with Crippen LogP contribution in [0.1, 0.15) is 27.1 Å². The lowest BCUT2D eigenvalue weighted by Crippen LogP contribution is -2.25. The van der Waals surface area contributed by atoms with Gasteiger partial charge in [0.15, 0.2) is 23.9 Å². The van der Waals surface area contributed by atoms with Crippen LogP contribution in [0.5, 0.6) is 11.5 Å². The molecule has 9 heteroatoms. The summed E-state index contributed by atoms with van der Waals surface area (Å²) in [5.41, 5.74) is 1.05. The molecule has 0 N–H and O–H groups in total. The molecule has 1 aliphatic rings. The highest BCUT2D eigenvalue weighted by Gasteiger charge is 2.28. The molecule has 0 radical (unpaired) electrons. The highest BCUT2D eigenvalue weighted by Crippen LogP contribution is 2.28. The van der Waals surface area contributed by atoms with E-state index in [1.807, 2.05) is 0 Å². The summed E-state index contributed by atoms with van der Waals surface area (Å²) in [6.45, 7) is -0.0114. The van der Waals surface area contributed by atoms with Crippen LogP contribution in [0.25, 0.3) is 0 Å². The van der Waals surface area contributed by atoms with Crippen molar-refractivity contribution in [1.29, 1.82) is 0 Å². The Morgan fingerprint density at radius 2 is 1.62 bits per heavy atom. The van der Waals surface area contributed by atoms with Gasteiger partial charge in [0, 0.05) is 12.1 Å². The summed E-state index contributed by atoms with van der Waals surface area (Å²) in [7, 11) is -0.330. The van der Waals surface area contributed by atoms with Crippen molar-refractivity contribution in [3.05, 3.63) is 53.6 Å². The zero-order valence-corrected chi connectivity index (χ0v) is 16.9. The number of nitrogens with zero attached hydrogens (tertiary/aromatic N) is 1. The van der Waals surface area contributed by atoms with Gasteiger partial charge < -0.3 is 14.2 Å². The van der Waals surface area contributed by atoms with Gasteiger partial charge in [-0.2, -0.15) is 0 Å². The Kier molecular flexibility index (Phi) is 6.07. The molecule has 0 aliphatic carbocycles. The van der Waals surface area contributed by atoms with E-state index in [1.54, 1.807) is 24.3 Å². The number of benzene rings is 2. The Morgan fingerprint density at radius 1 is 0.966 bits per heavy atom. The van der Waals surface area contributed by atoms with E-state index in [1.165, 1.54) is 36.7 Å². The maximum absolute atomic E-state index is 12.3. The maximum atomic E-state index is 12.3. The summed E-state index contributed by atoms with van der Waals surface area (Å²) < 4.78 is 40.6. The third-order valence-corrected chi connectivity index (χ3v) is 6.40. The van der Waals surface area contributed by atoms with Gasteiger partial charge in [-0.3, -0.25) is 9.10 Å². The smallest absolute Gasteiger partial charge is 0.338 e. The summed E-state index contributed by atoms with van der Waals surface area (Å²) in [6, 6.07) is 10.7. The first-order valence-electron chi connectivity index (χ1n) is 8.88. The van der Waals surface area contributed by atoms with Gasteiger partial charge in [-0.1, -0.05) is 0 Å². The number of anilines is 1. The highest BCUT2D eigenvalue weighted by atomic mass is 32.2. The second-order valence-electron chi connectivity index (χ2n) is 6.36. The van der Waals surface area contributed by atoms with Crippen molar-refractivity contribution in [2.45, 2.75) is 6.42 Å². The number of methoxy groups -OCH3 is 2. The minimum Gasteiger partial charge on any atom is -0.493 e. The maximum Gasteiger partial charge on any atom is 0.338 e. The van der Waals surface area contributed by atoms with Gasteiger partial charge in [0.2, 0.25) is 10.0 Å². The molecule has 0 unspecified atom stereocenters. The van der Waals surface area contributed by atoms with Crippen LogP contribution in [-0.4, -0.2) is 53.3 Å². The summed E-state index contributed by atoms with van der Waals surface area (Å²) >= 11 is 0. The van der Waals surface area contributed by atoms with Crippen molar-refractivity contribution in [3.8, 4) is 11.5 Å². The fourth-order valence-electron chi connectivity index (χ4n) is 3.00. The molecule has 1 saturated heterocycles. The van der Waals surface area contributed by atoms with Crippen LogP contribution in [0.2, 0.25) is 0 Å².